The summed E-state index contributed by atoms with van der Waals surface area (Å²) in [4.78, 5) is 25.1. The summed E-state index contributed by atoms with van der Waals surface area (Å²) in [6.45, 7) is 7.51. The third-order valence-electron chi connectivity index (χ3n) is 5.01. The molecule has 0 spiro atoms. The van der Waals surface area contributed by atoms with Gasteiger partial charge < -0.3 is 15.2 Å². The molecule has 3 N–H and O–H groups in total. The molecule has 0 aliphatic rings. The number of nitrogens with one attached hydrogen (secondary N) is 1. The molecule has 0 saturated carbocycles. The predicted octanol–water partition coefficient (Wildman–Crippen LogP) is 3.39. The molecule has 0 aromatic heterocycles. The Morgan fingerprint density at radius 2 is 1.41 bits per heavy atom. The molecule has 2 atom stereocenters. The van der Waals surface area contributed by atoms with Crippen LogP contribution in [0.2, 0.25) is 0 Å². The highest BCUT2D eigenvalue weighted by Gasteiger charge is 2.70. The van der Waals surface area contributed by atoms with Gasteiger partial charge in [0, 0.05) is 12.3 Å². The van der Waals surface area contributed by atoms with E-state index in [4.69, 9.17) is 9.29 Å². The van der Waals surface area contributed by atoms with Crippen molar-refractivity contribution in [3.8, 4) is 0 Å². The Labute approximate surface area is 194 Å². The Kier molecular flexibility index (Phi) is 10.1. The molecule has 15 heteroatoms. The van der Waals surface area contributed by atoms with Gasteiger partial charge in [-0.3, -0.25) is 14.1 Å². The van der Waals surface area contributed by atoms with Gasteiger partial charge in [-0.15, -0.1) is 0 Å². The summed E-state index contributed by atoms with van der Waals surface area (Å²) in [5.41, 5.74) is -8.01. The van der Waals surface area contributed by atoms with Crippen molar-refractivity contribution in [1.29, 1.82) is 0 Å². The number of ether oxygens (including phenoxy) is 1. The van der Waals surface area contributed by atoms with E-state index in [9.17, 15) is 49.5 Å². The predicted molar refractivity (Wildman–Crippen MR) is 108 cm³/mol. The third-order valence-corrected chi connectivity index (χ3v) is 6.09. The Balaban J connectivity index is 5.42. The molecule has 0 saturated heterocycles. The Morgan fingerprint density at radius 1 is 0.971 bits per heavy atom. The fraction of sp³-hybridized carbons (Fsp3) is 0.895. The smallest absolute Gasteiger partial charge is 0.426 e. The van der Waals surface area contributed by atoms with Crippen LogP contribution in [0.5, 0.6) is 0 Å². The summed E-state index contributed by atoms with van der Waals surface area (Å²) >= 11 is 0. The zero-order chi connectivity index (χ0) is 27.6. The van der Waals surface area contributed by atoms with E-state index in [1.165, 1.54) is 27.7 Å². The fourth-order valence-electron chi connectivity index (χ4n) is 3.24. The first-order valence-electron chi connectivity index (χ1n) is 10.1. The number of aliphatic hydroxyl groups is 1. The molecule has 8 nitrogen and oxygen atoms in total. The van der Waals surface area contributed by atoms with Crippen LogP contribution < -0.4 is 5.32 Å². The van der Waals surface area contributed by atoms with Crippen molar-refractivity contribution < 1.29 is 58.7 Å². The summed E-state index contributed by atoms with van der Waals surface area (Å²) in [5.74, 6) is -3.60. The van der Waals surface area contributed by atoms with E-state index in [2.05, 4.69) is 5.32 Å². The topological polar surface area (TPSA) is 130 Å². The van der Waals surface area contributed by atoms with Crippen LogP contribution in [0.1, 0.15) is 60.8 Å². The molecule has 0 radical (unpaired) electrons. The molecule has 0 aliphatic carbocycles. The molecule has 0 heterocycles. The number of rotatable bonds is 11. The van der Waals surface area contributed by atoms with Gasteiger partial charge in [0.25, 0.3) is 15.7 Å². The standard InChI is InChI=1S/C19H31F6NO7S/c1-7-12(13(27)26-16(5,6)10-34(30,31)32)9-15(3,4)14(28)33-11(2)8-17(29,18(20,21)22)19(23,24)25/h11-12,29H,7-10H2,1-6H3,(H,26,27)(H,30,31,32). The van der Waals surface area contributed by atoms with Gasteiger partial charge in [0.15, 0.2) is 0 Å². The summed E-state index contributed by atoms with van der Waals surface area (Å²) in [7, 11) is -4.43. The van der Waals surface area contributed by atoms with Crippen molar-refractivity contribution in [2.75, 3.05) is 5.75 Å². The summed E-state index contributed by atoms with van der Waals surface area (Å²) in [6.07, 6.45) is -16.2. The lowest BCUT2D eigenvalue weighted by Gasteiger charge is -2.35. The monoisotopic (exact) mass is 531 g/mol. The fourth-order valence-corrected chi connectivity index (χ4v) is 4.23. The lowest BCUT2D eigenvalue weighted by Crippen LogP contribution is -2.58. The van der Waals surface area contributed by atoms with Crippen LogP contribution in [-0.4, -0.2) is 65.3 Å². The molecule has 202 valence electrons. The van der Waals surface area contributed by atoms with Crippen LogP contribution in [0.4, 0.5) is 26.3 Å². The molecule has 0 aromatic carbocycles. The van der Waals surface area contributed by atoms with Crippen molar-refractivity contribution in [2.45, 2.75) is 90.4 Å². The second-order valence-electron chi connectivity index (χ2n) is 9.57. The maximum absolute atomic E-state index is 12.9. The van der Waals surface area contributed by atoms with Gasteiger partial charge in [-0.25, -0.2) is 0 Å². The summed E-state index contributed by atoms with van der Waals surface area (Å²) < 4.78 is 113. The van der Waals surface area contributed by atoms with Gasteiger partial charge >= 0.3 is 18.3 Å². The highest BCUT2D eigenvalue weighted by molar-refractivity contribution is 7.85. The lowest BCUT2D eigenvalue weighted by molar-refractivity contribution is -0.373. The van der Waals surface area contributed by atoms with Crippen molar-refractivity contribution in [3.05, 3.63) is 0 Å². The average Bonchev–Trinajstić information content (AvgIpc) is 2.54. The first-order valence-corrected chi connectivity index (χ1v) is 11.7. The lowest BCUT2D eigenvalue weighted by atomic mass is 9.81. The number of alkyl halides is 6. The zero-order valence-electron chi connectivity index (χ0n) is 19.6. The number of amides is 1. The molecule has 0 rings (SSSR count). The highest BCUT2D eigenvalue weighted by Crippen LogP contribution is 2.46. The van der Waals surface area contributed by atoms with Crippen LogP contribution in [0.25, 0.3) is 0 Å². The van der Waals surface area contributed by atoms with Crippen LogP contribution in [0, 0.1) is 11.3 Å². The van der Waals surface area contributed by atoms with E-state index in [0.717, 1.165) is 6.92 Å². The quantitative estimate of drug-likeness (QED) is 0.212. The molecule has 0 fully saturated rings. The molecule has 2 unspecified atom stereocenters. The number of hydrogen-bond acceptors (Lipinski definition) is 6. The SMILES string of the molecule is CCC(CC(C)(C)C(=O)OC(C)CC(O)(C(F)(F)F)C(F)(F)F)C(=O)NC(C)(C)CS(=O)(=O)O. The van der Waals surface area contributed by atoms with Gasteiger partial charge in [0.2, 0.25) is 5.91 Å². The van der Waals surface area contributed by atoms with Gasteiger partial charge in [0.05, 0.1) is 16.7 Å². The molecule has 1 amide bonds. The van der Waals surface area contributed by atoms with Gasteiger partial charge in [-0.1, -0.05) is 6.92 Å². The first kappa shape index (κ1) is 32.4. The molecule has 0 aromatic rings. The molecular formula is C19H31F6NO7S. The number of hydrogen-bond donors (Lipinski definition) is 3. The van der Waals surface area contributed by atoms with Crippen molar-refractivity contribution in [2.24, 2.45) is 11.3 Å². The zero-order valence-corrected chi connectivity index (χ0v) is 20.4. The minimum absolute atomic E-state index is 0.141. The third kappa shape index (κ3) is 9.21. The first-order chi connectivity index (χ1) is 14.8. The Bertz CT molecular complexity index is 823. The van der Waals surface area contributed by atoms with E-state index in [-0.39, 0.29) is 12.8 Å². The van der Waals surface area contributed by atoms with Crippen LogP contribution >= 0.6 is 0 Å². The largest absolute Gasteiger partial charge is 0.462 e. The average molecular weight is 532 g/mol. The van der Waals surface area contributed by atoms with E-state index < -0.39 is 75.1 Å². The van der Waals surface area contributed by atoms with Gasteiger partial charge in [-0.2, -0.15) is 34.8 Å². The van der Waals surface area contributed by atoms with Gasteiger partial charge in [-0.05, 0) is 47.5 Å². The number of halogens is 6. The normalized spacial score (nSPS) is 16.1. The van der Waals surface area contributed by atoms with Gasteiger partial charge in [0.1, 0.15) is 6.10 Å². The second-order valence-corrected chi connectivity index (χ2v) is 11.0. The maximum atomic E-state index is 12.9. The number of carbonyl (C=O) groups is 2. The van der Waals surface area contributed by atoms with Crippen LogP contribution in [-0.2, 0) is 24.4 Å². The van der Waals surface area contributed by atoms with Crippen molar-refractivity contribution in [3.63, 3.8) is 0 Å². The molecule has 34 heavy (non-hydrogen) atoms. The second kappa shape index (κ2) is 10.6. The van der Waals surface area contributed by atoms with Crippen LogP contribution in [0.3, 0.4) is 0 Å². The minimum Gasteiger partial charge on any atom is -0.462 e. The number of carbonyl (C=O) groups excluding carboxylic acids is 2. The Morgan fingerprint density at radius 3 is 1.76 bits per heavy atom. The Hall–Kier alpha value is -1.61. The van der Waals surface area contributed by atoms with Crippen molar-refractivity contribution in [1.82, 2.24) is 5.32 Å². The van der Waals surface area contributed by atoms with E-state index in [1.807, 2.05) is 0 Å². The molecule has 0 aliphatic heterocycles. The number of esters is 1. The highest BCUT2D eigenvalue weighted by atomic mass is 32.2. The van der Waals surface area contributed by atoms with Crippen molar-refractivity contribution >= 4 is 22.0 Å². The summed E-state index contributed by atoms with van der Waals surface area (Å²) in [5, 5.41) is 11.7. The van der Waals surface area contributed by atoms with E-state index in [1.54, 1.807) is 6.92 Å². The van der Waals surface area contributed by atoms with Crippen LogP contribution in [0.15, 0.2) is 0 Å². The molecule has 0 bridgehead atoms. The minimum atomic E-state index is -6.07. The maximum Gasteiger partial charge on any atom is 0.426 e. The van der Waals surface area contributed by atoms with E-state index >= 15 is 0 Å². The summed E-state index contributed by atoms with van der Waals surface area (Å²) in [6, 6.07) is 0. The molecular weight excluding hydrogens is 500 g/mol. The van der Waals surface area contributed by atoms with E-state index in [0.29, 0.717) is 0 Å².